The standard InChI is InChI=1S/C16H17Cl3N2O3/c1-21(2)13(14-4-3-5-23-14)8-20-16(22)9-24-15-7-11(18)10(17)6-12(15)19/h3-7,13H,8-9H2,1-2H3,(H,20,22)/p+1/t13-/m0/s1. The molecular weight excluding hydrogens is 375 g/mol. The van der Waals surface area contributed by atoms with E-state index >= 15 is 0 Å². The van der Waals surface area contributed by atoms with E-state index in [1.807, 2.05) is 26.2 Å². The van der Waals surface area contributed by atoms with Crippen LogP contribution in [0.5, 0.6) is 5.75 Å². The number of ether oxygens (including phenoxy) is 1. The van der Waals surface area contributed by atoms with Crippen molar-refractivity contribution in [2.24, 2.45) is 0 Å². The van der Waals surface area contributed by atoms with Crippen LogP contribution in [0.3, 0.4) is 0 Å². The molecule has 5 nitrogen and oxygen atoms in total. The minimum atomic E-state index is -0.269. The lowest BCUT2D eigenvalue weighted by Crippen LogP contribution is -3.07. The first-order chi connectivity index (χ1) is 11.4. The largest absolute Gasteiger partial charge is 0.482 e. The van der Waals surface area contributed by atoms with E-state index in [9.17, 15) is 4.79 Å². The van der Waals surface area contributed by atoms with E-state index in [4.69, 9.17) is 44.0 Å². The van der Waals surface area contributed by atoms with E-state index in [2.05, 4.69) is 5.32 Å². The Kier molecular flexibility index (Phi) is 6.80. The molecule has 0 radical (unpaired) electrons. The van der Waals surface area contributed by atoms with Crippen LogP contribution in [-0.4, -0.2) is 33.2 Å². The Morgan fingerprint density at radius 3 is 2.58 bits per heavy atom. The van der Waals surface area contributed by atoms with E-state index in [1.54, 1.807) is 6.26 Å². The molecule has 1 amide bonds. The number of halogens is 3. The zero-order chi connectivity index (χ0) is 17.7. The van der Waals surface area contributed by atoms with Gasteiger partial charge in [0.1, 0.15) is 5.75 Å². The van der Waals surface area contributed by atoms with Crippen LogP contribution in [0.15, 0.2) is 34.9 Å². The van der Waals surface area contributed by atoms with Gasteiger partial charge in [0.25, 0.3) is 5.91 Å². The van der Waals surface area contributed by atoms with Crippen LogP contribution in [0.2, 0.25) is 15.1 Å². The third-order valence-electron chi connectivity index (χ3n) is 3.42. The maximum atomic E-state index is 12.0. The number of carbonyl (C=O) groups is 1. The molecule has 0 aliphatic heterocycles. The summed E-state index contributed by atoms with van der Waals surface area (Å²) in [6, 6.07) is 6.67. The van der Waals surface area contributed by atoms with E-state index in [0.29, 0.717) is 27.4 Å². The van der Waals surface area contributed by atoms with Crippen molar-refractivity contribution in [3.63, 3.8) is 0 Å². The third kappa shape index (κ3) is 5.05. The molecule has 1 atom stereocenters. The van der Waals surface area contributed by atoms with E-state index in [1.165, 1.54) is 12.1 Å². The van der Waals surface area contributed by atoms with Gasteiger partial charge in [0.2, 0.25) is 0 Å². The molecule has 0 saturated carbocycles. The van der Waals surface area contributed by atoms with Crippen LogP contribution in [-0.2, 0) is 4.79 Å². The van der Waals surface area contributed by atoms with Crippen molar-refractivity contribution in [1.82, 2.24) is 5.32 Å². The second kappa shape index (κ2) is 8.62. The highest BCUT2D eigenvalue weighted by atomic mass is 35.5. The van der Waals surface area contributed by atoms with E-state index in [0.717, 1.165) is 10.7 Å². The van der Waals surface area contributed by atoms with Gasteiger partial charge in [-0.2, -0.15) is 0 Å². The Morgan fingerprint density at radius 1 is 1.25 bits per heavy atom. The predicted molar refractivity (Wildman–Crippen MR) is 94.2 cm³/mol. The number of hydrogen-bond donors (Lipinski definition) is 2. The molecular formula is C16H18Cl3N2O3+. The summed E-state index contributed by atoms with van der Waals surface area (Å²) < 4.78 is 10.8. The maximum absolute atomic E-state index is 12.0. The molecule has 0 fully saturated rings. The van der Waals surface area contributed by atoms with Gasteiger partial charge in [-0.25, -0.2) is 0 Å². The highest BCUT2D eigenvalue weighted by molar-refractivity contribution is 6.43. The highest BCUT2D eigenvalue weighted by Crippen LogP contribution is 2.33. The Hall–Kier alpha value is -1.40. The van der Waals surface area contributed by atoms with Crippen LogP contribution < -0.4 is 15.0 Å². The number of benzene rings is 1. The van der Waals surface area contributed by atoms with Crippen molar-refractivity contribution in [1.29, 1.82) is 0 Å². The zero-order valence-electron chi connectivity index (χ0n) is 13.2. The molecule has 1 aromatic heterocycles. The molecule has 130 valence electrons. The first-order valence-electron chi connectivity index (χ1n) is 7.26. The van der Waals surface area contributed by atoms with Gasteiger partial charge < -0.3 is 19.4 Å². The lowest BCUT2D eigenvalue weighted by Gasteiger charge is -2.19. The van der Waals surface area contributed by atoms with Crippen molar-refractivity contribution in [2.75, 3.05) is 27.2 Å². The van der Waals surface area contributed by atoms with Gasteiger partial charge in [0.05, 0.1) is 42.0 Å². The smallest absolute Gasteiger partial charge is 0.258 e. The van der Waals surface area contributed by atoms with Gasteiger partial charge in [-0.05, 0) is 18.2 Å². The number of furan rings is 1. The van der Waals surface area contributed by atoms with E-state index in [-0.39, 0.29) is 18.6 Å². The van der Waals surface area contributed by atoms with Crippen molar-refractivity contribution in [3.8, 4) is 5.75 Å². The Labute approximate surface area is 155 Å². The zero-order valence-corrected chi connectivity index (χ0v) is 15.5. The van der Waals surface area contributed by atoms with Crippen LogP contribution in [0.1, 0.15) is 11.8 Å². The van der Waals surface area contributed by atoms with Gasteiger partial charge in [-0.1, -0.05) is 34.8 Å². The summed E-state index contributed by atoms with van der Waals surface area (Å²) >= 11 is 17.8. The summed E-state index contributed by atoms with van der Waals surface area (Å²) in [7, 11) is 3.98. The quantitative estimate of drug-likeness (QED) is 0.712. The number of hydrogen-bond acceptors (Lipinski definition) is 3. The molecule has 0 unspecified atom stereocenters. The molecule has 0 saturated heterocycles. The van der Waals surface area contributed by atoms with Crippen LogP contribution in [0, 0.1) is 0 Å². The second-order valence-electron chi connectivity index (χ2n) is 5.43. The molecule has 1 heterocycles. The SMILES string of the molecule is C[NH+](C)[C@@H](CNC(=O)COc1cc(Cl)c(Cl)cc1Cl)c1ccco1. The molecule has 2 N–H and O–H groups in total. The summed E-state index contributed by atoms with van der Waals surface area (Å²) in [4.78, 5) is 13.1. The van der Waals surface area contributed by atoms with Crippen LogP contribution in [0.4, 0.5) is 0 Å². The third-order valence-corrected chi connectivity index (χ3v) is 4.44. The minimum Gasteiger partial charge on any atom is -0.482 e. The van der Waals surface area contributed by atoms with Crippen LogP contribution >= 0.6 is 34.8 Å². The van der Waals surface area contributed by atoms with Gasteiger partial charge in [0.15, 0.2) is 18.4 Å². The maximum Gasteiger partial charge on any atom is 0.258 e. The number of quaternary nitrogens is 1. The van der Waals surface area contributed by atoms with Crippen LogP contribution in [0.25, 0.3) is 0 Å². The Balaban J connectivity index is 1.88. The first kappa shape index (κ1) is 18.9. The molecule has 0 bridgehead atoms. The number of likely N-dealkylation sites (N-methyl/N-ethyl adjacent to an activating group) is 1. The highest BCUT2D eigenvalue weighted by Gasteiger charge is 2.21. The molecule has 0 aliphatic rings. The van der Waals surface area contributed by atoms with E-state index < -0.39 is 0 Å². The monoisotopic (exact) mass is 391 g/mol. The normalized spacial score (nSPS) is 12.2. The average Bonchev–Trinajstić information content (AvgIpc) is 3.03. The first-order valence-corrected chi connectivity index (χ1v) is 8.39. The fraction of sp³-hybridized carbons (Fsp3) is 0.312. The molecule has 0 spiro atoms. The Morgan fingerprint density at radius 2 is 1.96 bits per heavy atom. The minimum absolute atomic E-state index is 0.0116. The molecule has 2 rings (SSSR count). The summed E-state index contributed by atoms with van der Waals surface area (Å²) in [5.74, 6) is 0.848. The summed E-state index contributed by atoms with van der Waals surface area (Å²) in [5, 5.41) is 3.75. The fourth-order valence-corrected chi connectivity index (χ4v) is 2.70. The predicted octanol–water partition coefficient (Wildman–Crippen LogP) is 2.62. The summed E-state index contributed by atoms with van der Waals surface area (Å²) in [5.41, 5.74) is 0. The number of rotatable bonds is 7. The number of nitrogens with one attached hydrogen (secondary N) is 2. The molecule has 1 aromatic carbocycles. The molecule has 8 heteroatoms. The summed E-state index contributed by atoms with van der Waals surface area (Å²) in [6.45, 7) is 0.248. The lowest BCUT2D eigenvalue weighted by atomic mass is 10.2. The van der Waals surface area contributed by atoms with Crippen molar-refractivity contribution >= 4 is 40.7 Å². The number of amides is 1. The fourth-order valence-electron chi connectivity index (χ4n) is 2.10. The van der Waals surface area contributed by atoms with Gasteiger partial charge in [0, 0.05) is 6.07 Å². The van der Waals surface area contributed by atoms with Crippen molar-refractivity contribution in [3.05, 3.63) is 51.4 Å². The lowest BCUT2D eigenvalue weighted by molar-refractivity contribution is -0.891. The topological polar surface area (TPSA) is 55.9 Å². The van der Waals surface area contributed by atoms with Gasteiger partial charge >= 0.3 is 0 Å². The number of carbonyl (C=O) groups excluding carboxylic acids is 1. The summed E-state index contributed by atoms with van der Waals surface area (Å²) in [6.07, 6.45) is 1.61. The molecule has 0 aliphatic carbocycles. The van der Waals surface area contributed by atoms with Gasteiger partial charge in [-0.15, -0.1) is 0 Å². The van der Waals surface area contributed by atoms with Crippen molar-refractivity contribution < 1.29 is 18.8 Å². The average molecular weight is 393 g/mol. The van der Waals surface area contributed by atoms with Crippen molar-refractivity contribution in [2.45, 2.75) is 6.04 Å². The van der Waals surface area contributed by atoms with Gasteiger partial charge in [-0.3, -0.25) is 4.79 Å². The Bertz CT molecular complexity index is 690. The molecule has 24 heavy (non-hydrogen) atoms. The second-order valence-corrected chi connectivity index (χ2v) is 6.66. The molecule has 2 aromatic rings.